The topological polar surface area (TPSA) is 121 Å². The molecule has 0 unspecified atom stereocenters. The van der Waals surface area contributed by atoms with Gasteiger partial charge in [0, 0.05) is 23.8 Å². The molecule has 154 valence electrons. The maximum Gasteiger partial charge on any atom is 0.340 e. The molecule has 3 N–H and O–H groups in total. The lowest BCUT2D eigenvalue weighted by molar-refractivity contribution is -0.140. The molecule has 0 bridgehead atoms. The Labute approximate surface area is 169 Å². The lowest BCUT2D eigenvalue weighted by Crippen LogP contribution is -2.31. The molecule has 0 saturated heterocycles. The van der Waals surface area contributed by atoms with Gasteiger partial charge in [-0.2, -0.15) is 0 Å². The van der Waals surface area contributed by atoms with E-state index in [1.165, 1.54) is 19.2 Å². The Morgan fingerprint density at radius 3 is 2.79 bits per heavy atom. The summed E-state index contributed by atoms with van der Waals surface area (Å²) >= 11 is 6.20. The van der Waals surface area contributed by atoms with Gasteiger partial charge in [-0.25, -0.2) is 9.18 Å². The fourth-order valence-electron chi connectivity index (χ4n) is 2.93. The summed E-state index contributed by atoms with van der Waals surface area (Å²) in [5.41, 5.74) is 4.79. The van der Waals surface area contributed by atoms with Crippen LogP contribution in [-0.2, 0) is 20.9 Å². The van der Waals surface area contributed by atoms with E-state index in [2.05, 4.69) is 0 Å². The monoisotopic (exact) mass is 425 g/mol. The number of hydrogen-bond donors (Lipinski definition) is 2. The summed E-state index contributed by atoms with van der Waals surface area (Å²) in [6.45, 7) is -0.588. The normalized spacial score (nSPS) is 15.7. The van der Waals surface area contributed by atoms with Crippen molar-refractivity contribution in [1.82, 2.24) is 0 Å². The number of hydrogen-bond acceptors (Lipinski definition) is 8. The Kier molecular flexibility index (Phi) is 6.21. The SMILES string of the molecule is COCCOC(=O)C1=C(N)Oc2c(oc(CO)cc2=O)[C@H]1c1c(F)cccc1Cl. The highest BCUT2D eigenvalue weighted by Crippen LogP contribution is 2.44. The van der Waals surface area contributed by atoms with Crippen LogP contribution in [0.2, 0.25) is 5.02 Å². The van der Waals surface area contributed by atoms with Gasteiger partial charge in [0.2, 0.25) is 17.1 Å². The average Bonchev–Trinajstić information content (AvgIpc) is 2.68. The summed E-state index contributed by atoms with van der Waals surface area (Å²) in [7, 11) is 1.43. The summed E-state index contributed by atoms with van der Waals surface area (Å²) < 4.78 is 35.5. The maximum atomic E-state index is 14.8. The number of halogens is 2. The summed E-state index contributed by atoms with van der Waals surface area (Å²) in [5, 5.41) is 9.35. The number of fused-ring (bicyclic) bond motifs is 1. The average molecular weight is 426 g/mol. The molecular formula is C19H17ClFNO7. The Morgan fingerprint density at radius 2 is 2.14 bits per heavy atom. The quantitative estimate of drug-likeness (QED) is 0.531. The number of esters is 1. The van der Waals surface area contributed by atoms with Crippen molar-refractivity contribution in [3.63, 3.8) is 0 Å². The van der Waals surface area contributed by atoms with Crippen LogP contribution in [0.5, 0.6) is 5.75 Å². The van der Waals surface area contributed by atoms with E-state index in [-0.39, 0.29) is 46.6 Å². The second-order valence-corrected chi connectivity index (χ2v) is 6.41. The van der Waals surface area contributed by atoms with Gasteiger partial charge in [0.25, 0.3) is 0 Å². The minimum atomic E-state index is -1.33. The molecule has 0 spiro atoms. The van der Waals surface area contributed by atoms with Gasteiger partial charge in [0.15, 0.2) is 5.76 Å². The smallest absolute Gasteiger partial charge is 0.340 e. The molecule has 1 aromatic heterocycles. The van der Waals surface area contributed by atoms with E-state index in [1.54, 1.807) is 0 Å². The molecule has 1 atom stereocenters. The Morgan fingerprint density at radius 1 is 1.38 bits per heavy atom. The van der Waals surface area contributed by atoms with Crippen LogP contribution in [0.25, 0.3) is 0 Å². The largest absolute Gasteiger partial charge is 0.460 e. The molecule has 0 fully saturated rings. The van der Waals surface area contributed by atoms with Crippen molar-refractivity contribution in [2.75, 3.05) is 20.3 Å². The third kappa shape index (κ3) is 3.98. The second-order valence-electron chi connectivity index (χ2n) is 6.01. The van der Waals surface area contributed by atoms with Gasteiger partial charge in [-0.1, -0.05) is 17.7 Å². The summed E-state index contributed by atoms with van der Waals surface area (Å²) in [4.78, 5) is 25.1. The number of aliphatic hydroxyl groups is 1. The lowest BCUT2D eigenvalue weighted by Gasteiger charge is -2.27. The molecule has 1 aliphatic heterocycles. The first kappa shape index (κ1) is 20.8. The van der Waals surface area contributed by atoms with E-state index < -0.39 is 35.6 Å². The van der Waals surface area contributed by atoms with Crippen molar-refractivity contribution in [2.45, 2.75) is 12.5 Å². The molecule has 3 rings (SSSR count). The molecule has 2 aromatic rings. The van der Waals surface area contributed by atoms with Gasteiger partial charge in [-0.15, -0.1) is 0 Å². The molecule has 0 saturated carbocycles. The number of carbonyl (C=O) groups excluding carboxylic acids is 1. The van der Waals surface area contributed by atoms with Crippen molar-refractivity contribution in [1.29, 1.82) is 0 Å². The number of methoxy groups -OCH3 is 1. The third-order valence-electron chi connectivity index (χ3n) is 4.19. The van der Waals surface area contributed by atoms with Gasteiger partial charge in [0.1, 0.15) is 30.4 Å². The second kappa shape index (κ2) is 8.64. The van der Waals surface area contributed by atoms with E-state index >= 15 is 0 Å². The Balaban J connectivity index is 2.24. The molecule has 1 aliphatic rings. The third-order valence-corrected chi connectivity index (χ3v) is 4.52. The highest BCUT2D eigenvalue weighted by molar-refractivity contribution is 6.31. The molecule has 0 aliphatic carbocycles. The number of ether oxygens (including phenoxy) is 3. The van der Waals surface area contributed by atoms with E-state index in [4.69, 9.17) is 36.0 Å². The zero-order chi connectivity index (χ0) is 21.1. The van der Waals surface area contributed by atoms with Crippen molar-refractivity contribution < 1.29 is 32.9 Å². The molecule has 2 heterocycles. The van der Waals surface area contributed by atoms with Gasteiger partial charge >= 0.3 is 5.97 Å². The number of carbonyl (C=O) groups is 1. The van der Waals surface area contributed by atoms with Gasteiger partial charge < -0.3 is 29.5 Å². The summed E-state index contributed by atoms with van der Waals surface area (Å²) in [5.74, 6) is -4.13. The molecule has 0 amide bonds. The van der Waals surface area contributed by atoms with Crippen LogP contribution >= 0.6 is 11.6 Å². The minimum absolute atomic E-state index is 0.0325. The van der Waals surface area contributed by atoms with E-state index in [0.29, 0.717) is 0 Å². The van der Waals surface area contributed by atoms with Gasteiger partial charge in [-0.05, 0) is 12.1 Å². The van der Waals surface area contributed by atoms with Crippen molar-refractivity contribution in [2.24, 2.45) is 5.73 Å². The zero-order valence-corrected chi connectivity index (χ0v) is 16.0. The lowest BCUT2D eigenvalue weighted by atomic mass is 9.86. The number of aliphatic hydroxyl groups excluding tert-OH is 1. The fourth-order valence-corrected chi connectivity index (χ4v) is 3.20. The highest BCUT2D eigenvalue weighted by atomic mass is 35.5. The Bertz CT molecular complexity index is 1010. The summed E-state index contributed by atoms with van der Waals surface area (Å²) in [6, 6.07) is 4.93. The molecule has 8 nitrogen and oxygen atoms in total. The van der Waals surface area contributed by atoms with Crippen LogP contribution in [-0.4, -0.2) is 31.4 Å². The van der Waals surface area contributed by atoms with Crippen LogP contribution in [0, 0.1) is 5.82 Å². The number of rotatable bonds is 6. The Hall–Kier alpha value is -2.88. The van der Waals surface area contributed by atoms with E-state index in [9.17, 15) is 19.1 Å². The summed E-state index contributed by atoms with van der Waals surface area (Å²) in [6.07, 6.45) is 0. The highest BCUT2D eigenvalue weighted by Gasteiger charge is 2.41. The molecule has 0 radical (unpaired) electrons. The zero-order valence-electron chi connectivity index (χ0n) is 15.2. The van der Waals surface area contributed by atoms with Crippen LogP contribution < -0.4 is 15.9 Å². The van der Waals surface area contributed by atoms with Crippen LogP contribution in [0.15, 0.2) is 44.9 Å². The predicted octanol–water partition coefficient (Wildman–Crippen LogP) is 1.81. The van der Waals surface area contributed by atoms with E-state index in [0.717, 1.165) is 12.1 Å². The number of benzene rings is 1. The van der Waals surface area contributed by atoms with Crippen LogP contribution in [0.3, 0.4) is 0 Å². The van der Waals surface area contributed by atoms with E-state index in [1.807, 2.05) is 0 Å². The van der Waals surface area contributed by atoms with Gasteiger partial charge in [0.05, 0.1) is 12.5 Å². The molecule has 10 heteroatoms. The fraction of sp³-hybridized carbons (Fsp3) is 0.263. The molecular weight excluding hydrogens is 409 g/mol. The van der Waals surface area contributed by atoms with Crippen molar-refractivity contribution >= 4 is 17.6 Å². The number of nitrogens with two attached hydrogens (primary N) is 1. The predicted molar refractivity (Wildman–Crippen MR) is 98.8 cm³/mol. The van der Waals surface area contributed by atoms with Crippen molar-refractivity contribution in [3.05, 3.63) is 73.9 Å². The van der Waals surface area contributed by atoms with Crippen LogP contribution in [0.4, 0.5) is 4.39 Å². The first-order valence-electron chi connectivity index (χ1n) is 8.44. The molecule has 29 heavy (non-hydrogen) atoms. The minimum Gasteiger partial charge on any atom is -0.460 e. The van der Waals surface area contributed by atoms with Crippen molar-refractivity contribution in [3.8, 4) is 5.75 Å². The standard InChI is InChI=1S/C19H17ClFNO7/c1-26-5-6-27-19(25)15-14(13-10(20)3-2-4-11(13)21)17-16(29-18(15)22)12(24)7-9(8-23)28-17/h2-4,7,14,23H,5-6,8,22H2,1H3/t14-/m0/s1. The van der Waals surface area contributed by atoms with Crippen LogP contribution in [0.1, 0.15) is 23.0 Å². The maximum absolute atomic E-state index is 14.8. The van der Waals surface area contributed by atoms with Gasteiger partial charge in [-0.3, -0.25) is 4.79 Å². The first-order chi connectivity index (χ1) is 13.9. The first-order valence-corrected chi connectivity index (χ1v) is 8.82. The molecule has 1 aromatic carbocycles.